The SMILES string of the molecule is O=C(CC1(CC(=O)Nc2ccn[nH]2)CCCC1)Nc1ccn[nH]1. The number of carbonyl (C=O) groups excluding carboxylic acids is 2. The summed E-state index contributed by atoms with van der Waals surface area (Å²) < 4.78 is 0. The van der Waals surface area contributed by atoms with Crippen LogP contribution in [0.3, 0.4) is 0 Å². The van der Waals surface area contributed by atoms with Crippen molar-refractivity contribution in [3.05, 3.63) is 24.5 Å². The summed E-state index contributed by atoms with van der Waals surface area (Å²) in [6.07, 6.45) is 7.71. The van der Waals surface area contributed by atoms with Crippen LogP contribution >= 0.6 is 0 Å². The van der Waals surface area contributed by atoms with Gasteiger partial charge in [0.2, 0.25) is 11.8 Å². The molecule has 8 nitrogen and oxygen atoms in total. The number of hydrogen-bond acceptors (Lipinski definition) is 4. The Bertz CT molecular complexity index is 591. The molecule has 8 heteroatoms. The van der Waals surface area contributed by atoms with Gasteiger partial charge < -0.3 is 10.6 Å². The van der Waals surface area contributed by atoms with E-state index in [-0.39, 0.29) is 17.2 Å². The average molecular weight is 316 g/mol. The molecule has 23 heavy (non-hydrogen) atoms. The van der Waals surface area contributed by atoms with Crippen LogP contribution in [-0.2, 0) is 9.59 Å². The van der Waals surface area contributed by atoms with Gasteiger partial charge in [-0.15, -0.1) is 0 Å². The van der Waals surface area contributed by atoms with E-state index in [9.17, 15) is 9.59 Å². The van der Waals surface area contributed by atoms with Gasteiger partial charge in [-0.05, 0) is 18.3 Å². The number of anilines is 2. The first-order valence-electron chi connectivity index (χ1n) is 7.74. The lowest BCUT2D eigenvalue weighted by atomic mass is 9.79. The van der Waals surface area contributed by atoms with Gasteiger partial charge in [-0.1, -0.05) is 12.8 Å². The van der Waals surface area contributed by atoms with Crippen LogP contribution in [0.4, 0.5) is 11.6 Å². The van der Waals surface area contributed by atoms with Crippen molar-refractivity contribution < 1.29 is 9.59 Å². The van der Waals surface area contributed by atoms with Crippen molar-refractivity contribution in [1.29, 1.82) is 0 Å². The van der Waals surface area contributed by atoms with Crippen LogP contribution in [-0.4, -0.2) is 32.2 Å². The number of nitrogens with one attached hydrogen (secondary N) is 4. The zero-order chi connectivity index (χ0) is 16.1. The molecule has 1 aliphatic rings. The minimum atomic E-state index is -0.270. The van der Waals surface area contributed by atoms with Crippen LogP contribution in [0.1, 0.15) is 38.5 Å². The van der Waals surface area contributed by atoms with E-state index in [1.54, 1.807) is 24.5 Å². The normalized spacial score (nSPS) is 16.2. The zero-order valence-electron chi connectivity index (χ0n) is 12.8. The number of carbonyl (C=O) groups is 2. The molecule has 0 spiro atoms. The minimum absolute atomic E-state index is 0.0921. The van der Waals surface area contributed by atoms with Gasteiger partial charge in [0.05, 0.1) is 12.4 Å². The van der Waals surface area contributed by atoms with Crippen molar-refractivity contribution in [1.82, 2.24) is 20.4 Å². The Kier molecular flexibility index (Phi) is 4.40. The predicted octanol–water partition coefficient (Wildman–Crippen LogP) is 2.05. The molecule has 0 aromatic carbocycles. The molecule has 4 N–H and O–H groups in total. The number of H-pyrrole nitrogens is 2. The Balaban J connectivity index is 1.60. The summed E-state index contributed by atoms with van der Waals surface area (Å²) in [5, 5.41) is 18.6. The van der Waals surface area contributed by atoms with Gasteiger partial charge in [0.1, 0.15) is 11.6 Å². The van der Waals surface area contributed by atoms with Gasteiger partial charge >= 0.3 is 0 Å². The Hall–Kier alpha value is -2.64. The lowest BCUT2D eigenvalue weighted by molar-refractivity contribution is -0.121. The van der Waals surface area contributed by atoms with Crippen molar-refractivity contribution in [2.75, 3.05) is 10.6 Å². The van der Waals surface area contributed by atoms with E-state index in [1.165, 1.54) is 0 Å². The standard InChI is InChI=1S/C15H20N6O2/c22-13(18-11-3-7-16-20-11)9-15(5-1-2-6-15)10-14(23)19-12-4-8-17-21-12/h3-4,7-8H,1-2,5-6,9-10H2,(H2,16,18,20,22)(H2,17,19,21,23). The second-order valence-corrected chi connectivity index (χ2v) is 6.10. The Morgan fingerprint density at radius 1 is 0.957 bits per heavy atom. The van der Waals surface area contributed by atoms with Gasteiger partial charge in [-0.25, -0.2) is 0 Å². The molecular formula is C15H20N6O2. The molecule has 1 saturated carbocycles. The molecule has 0 aliphatic heterocycles. The topological polar surface area (TPSA) is 116 Å². The molecule has 1 aliphatic carbocycles. The molecule has 3 rings (SSSR count). The molecule has 1 fully saturated rings. The molecule has 0 atom stereocenters. The number of aromatic amines is 2. The fourth-order valence-electron chi connectivity index (χ4n) is 3.26. The first-order chi connectivity index (χ1) is 11.2. The van der Waals surface area contributed by atoms with E-state index in [2.05, 4.69) is 31.0 Å². The fourth-order valence-corrected chi connectivity index (χ4v) is 3.26. The highest BCUT2D eigenvalue weighted by molar-refractivity contribution is 5.93. The highest BCUT2D eigenvalue weighted by Gasteiger charge is 2.38. The van der Waals surface area contributed by atoms with E-state index < -0.39 is 0 Å². The molecule has 2 aromatic rings. The first kappa shape index (κ1) is 15.3. The van der Waals surface area contributed by atoms with Gasteiger partial charge in [-0.3, -0.25) is 19.8 Å². The van der Waals surface area contributed by atoms with Crippen LogP contribution in [0.2, 0.25) is 0 Å². The lowest BCUT2D eigenvalue weighted by Crippen LogP contribution is -2.30. The van der Waals surface area contributed by atoms with Crippen LogP contribution < -0.4 is 10.6 Å². The van der Waals surface area contributed by atoms with Crippen molar-refractivity contribution in [2.45, 2.75) is 38.5 Å². The molecular weight excluding hydrogens is 296 g/mol. The summed E-state index contributed by atoms with van der Waals surface area (Å²) in [6.45, 7) is 0. The van der Waals surface area contributed by atoms with E-state index in [4.69, 9.17) is 0 Å². The maximum atomic E-state index is 12.3. The van der Waals surface area contributed by atoms with Gasteiger partial charge in [-0.2, -0.15) is 10.2 Å². The van der Waals surface area contributed by atoms with E-state index in [0.717, 1.165) is 25.7 Å². The minimum Gasteiger partial charge on any atom is -0.311 e. The molecule has 0 unspecified atom stereocenters. The summed E-state index contributed by atoms with van der Waals surface area (Å²) in [4.78, 5) is 24.5. The predicted molar refractivity (Wildman–Crippen MR) is 84.6 cm³/mol. The third kappa shape index (κ3) is 3.97. The highest BCUT2D eigenvalue weighted by atomic mass is 16.2. The summed E-state index contributed by atoms with van der Waals surface area (Å²) >= 11 is 0. The molecule has 0 radical (unpaired) electrons. The third-order valence-electron chi connectivity index (χ3n) is 4.28. The highest BCUT2D eigenvalue weighted by Crippen LogP contribution is 2.44. The van der Waals surface area contributed by atoms with Gasteiger partial charge in [0.15, 0.2) is 0 Å². The Labute approximate surface area is 133 Å². The smallest absolute Gasteiger partial charge is 0.226 e. The maximum Gasteiger partial charge on any atom is 0.226 e. The largest absolute Gasteiger partial charge is 0.311 e. The molecule has 122 valence electrons. The zero-order valence-corrected chi connectivity index (χ0v) is 12.8. The van der Waals surface area contributed by atoms with Gasteiger partial charge in [0, 0.05) is 25.0 Å². The van der Waals surface area contributed by atoms with Crippen LogP contribution in [0.25, 0.3) is 0 Å². The number of nitrogens with zero attached hydrogens (tertiary/aromatic N) is 2. The molecule has 2 aromatic heterocycles. The fraction of sp³-hybridized carbons (Fsp3) is 0.467. The summed E-state index contributed by atoms with van der Waals surface area (Å²) in [5.41, 5.74) is -0.270. The number of rotatable bonds is 6. The Morgan fingerprint density at radius 2 is 1.43 bits per heavy atom. The van der Waals surface area contributed by atoms with Crippen molar-refractivity contribution in [2.24, 2.45) is 5.41 Å². The monoisotopic (exact) mass is 316 g/mol. The van der Waals surface area contributed by atoms with Crippen molar-refractivity contribution in [3.63, 3.8) is 0 Å². The van der Waals surface area contributed by atoms with E-state index >= 15 is 0 Å². The maximum absolute atomic E-state index is 12.3. The van der Waals surface area contributed by atoms with Gasteiger partial charge in [0.25, 0.3) is 0 Å². The molecule has 2 heterocycles. The number of aromatic nitrogens is 4. The Morgan fingerprint density at radius 3 is 1.83 bits per heavy atom. The van der Waals surface area contributed by atoms with Crippen molar-refractivity contribution in [3.8, 4) is 0 Å². The average Bonchev–Trinajstić information content (AvgIpc) is 3.22. The van der Waals surface area contributed by atoms with Crippen LogP contribution in [0.5, 0.6) is 0 Å². The number of amides is 2. The number of hydrogen-bond donors (Lipinski definition) is 4. The lowest BCUT2D eigenvalue weighted by Gasteiger charge is -2.27. The first-order valence-corrected chi connectivity index (χ1v) is 7.74. The summed E-state index contributed by atoms with van der Waals surface area (Å²) in [6, 6.07) is 3.40. The summed E-state index contributed by atoms with van der Waals surface area (Å²) in [5.74, 6) is 0.964. The third-order valence-corrected chi connectivity index (χ3v) is 4.28. The van der Waals surface area contributed by atoms with E-state index in [1.807, 2.05) is 0 Å². The van der Waals surface area contributed by atoms with Crippen LogP contribution in [0.15, 0.2) is 24.5 Å². The quantitative estimate of drug-likeness (QED) is 0.652. The van der Waals surface area contributed by atoms with Crippen molar-refractivity contribution >= 4 is 23.5 Å². The second kappa shape index (κ2) is 6.64. The van der Waals surface area contributed by atoms with E-state index in [0.29, 0.717) is 24.5 Å². The second-order valence-electron chi connectivity index (χ2n) is 6.10. The molecule has 2 amide bonds. The molecule has 0 bridgehead atoms. The summed E-state index contributed by atoms with van der Waals surface area (Å²) in [7, 11) is 0. The molecule has 0 saturated heterocycles. The van der Waals surface area contributed by atoms with Crippen LogP contribution in [0, 0.1) is 5.41 Å².